The van der Waals surface area contributed by atoms with Crippen LogP contribution in [0.25, 0.3) is 0 Å². The topological polar surface area (TPSA) is 231 Å². The Morgan fingerprint density at radius 2 is 0.515 bits per heavy atom. The molecule has 0 aromatic heterocycles. The first-order chi connectivity index (χ1) is 50.2. The molecule has 596 valence electrons. The summed E-state index contributed by atoms with van der Waals surface area (Å²) in [5.74, 6) is -1.57. The number of carbonyl (C=O) groups excluding carboxylic acids is 3. The zero-order valence-corrected chi connectivity index (χ0v) is 67.0. The first-order valence-electron chi connectivity index (χ1n) is 41.2. The third-order valence-electron chi connectivity index (χ3n) is 17.5. The number of rotatable bonds is 78. The van der Waals surface area contributed by atoms with Gasteiger partial charge in [0.2, 0.25) is 0 Å². The second-order valence-corrected chi connectivity index (χ2v) is 30.4. The summed E-state index contributed by atoms with van der Waals surface area (Å²) < 4.78 is 61.2. The Morgan fingerprint density at radius 1 is 0.282 bits per heavy atom. The van der Waals surface area contributed by atoms with E-state index < -0.39 is 91.5 Å². The molecular weight excluding hydrogens is 1340 g/mol. The molecule has 16 nitrogen and oxygen atoms in total. The Bertz CT molecular complexity index is 2310. The minimum Gasteiger partial charge on any atom is -0.463 e. The van der Waals surface area contributed by atoms with Gasteiger partial charge >= 0.3 is 33.6 Å². The fourth-order valence-corrected chi connectivity index (χ4v) is 12.9. The summed E-state index contributed by atoms with van der Waals surface area (Å²) in [7, 11) is -9.78. The predicted octanol–water partition coefficient (Wildman–Crippen LogP) is 24.3. The standard InChI is InChI=1S/C85H150O16P2/c1-4-7-10-13-16-19-22-25-28-30-31-32-33-34-35-36-37-38-39-40-41-42-43-44-45-46-47-49-52-53-56-59-62-65-68-71-83(88)95-74-80(86)75-97-102(91,92)98-76-81(87)77-99-103(93,94)100-79-82(101-85(90)73-70-67-64-61-58-55-50-27-24-21-18-15-12-9-6-3)78-96-84(89)72-69-66-63-60-57-54-51-48-29-26-23-20-17-14-11-8-5-2/h7-8,10-11,16-17,19-20,25-26,28-29,31-32,34-35,37-38,80-82,86-87H,4-6,9,12-15,18,21-24,27,30,33,36,39-79H2,1-3H3,(H,91,92)(H,93,94)/b10-7-,11-8-,19-16-,20-17-,28-25-,29-26-,32-31-,35-34-,38-37-. The third kappa shape index (κ3) is 79.1. The summed E-state index contributed by atoms with van der Waals surface area (Å²) in [5, 5.41) is 20.6. The van der Waals surface area contributed by atoms with Crippen molar-refractivity contribution >= 4 is 33.6 Å². The Balaban J connectivity index is 4.38. The van der Waals surface area contributed by atoms with Gasteiger partial charge in [0.05, 0.1) is 26.4 Å². The van der Waals surface area contributed by atoms with Gasteiger partial charge in [0.1, 0.15) is 25.4 Å². The van der Waals surface area contributed by atoms with Crippen molar-refractivity contribution < 1.29 is 75.8 Å². The van der Waals surface area contributed by atoms with Crippen molar-refractivity contribution in [2.24, 2.45) is 0 Å². The van der Waals surface area contributed by atoms with E-state index in [9.17, 15) is 43.5 Å². The van der Waals surface area contributed by atoms with Gasteiger partial charge in [0.15, 0.2) is 6.10 Å². The van der Waals surface area contributed by atoms with E-state index >= 15 is 0 Å². The van der Waals surface area contributed by atoms with Gasteiger partial charge in [-0.05, 0) is 103 Å². The summed E-state index contributed by atoms with van der Waals surface area (Å²) in [6.07, 6.45) is 91.5. The fraction of sp³-hybridized carbons (Fsp3) is 0.753. The zero-order valence-electron chi connectivity index (χ0n) is 65.2. The first-order valence-corrected chi connectivity index (χ1v) is 44.2. The number of phosphoric ester groups is 2. The van der Waals surface area contributed by atoms with E-state index in [1.54, 1.807) is 0 Å². The van der Waals surface area contributed by atoms with Crippen molar-refractivity contribution in [3.05, 3.63) is 109 Å². The molecule has 0 amide bonds. The zero-order chi connectivity index (χ0) is 75.2. The van der Waals surface area contributed by atoms with Crippen LogP contribution in [0.4, 0.5) is 0 Å². The monoisotopic (exact) mass is 1490 g/mol. The Hall–Kier alpha value is -3.79. The SMILES string of the molecule is CC/C=C\C/C=C\C/C=C\C/C=C\C/C=C\C/C=C\CCCCCCCCCCCCCCCCCCC(=O)OCC(O)COP(=O)(O)OCC(O)COP(=O)(O)OCC(COC(=O)CCCCCCCCC/C=C\C/C=C\C/C=C\CC)OC(=O)CCCCCCCCCCCCCCCCC. The molecule has 0 saturated carbocycles. The molecule has 0 aromatic rings. The predicted molar refractivity (Wildman–Crippen MR) is 427 cm³/mol. The number of phosphoric acid groups is 2. The number of hydrogen-bond donors (Lipinski definition) is 4. The summed E-state index contributed by atoms with van der Waals surface area (Å²) in [6, 6.07) is 0. The van der Waals surface area contributed by atoms with Gasteiger partial charge in [-0.3, -0.25) is 32.5 Å². The van der Waals surface area contributed by atoms with Crippen molar-refractivity contribution in [1.82, 2.24) is 0 Å². The molecule has 5 atom stereocenters. The van der Waals surface area contributed by atoms with Crippen LogP contribution in [-0.2, 0) is 55.8 Å². The number of unbranched alkanes of at least 4 members (excludes halogenated alkanes) is 37. The molecule has 5 unspecified atom stereocenters. The first kappa shape index (κ1) is 99.2. The molecule has 0 rings (SSSR count). The van der Waals surface area contributed by atoms with E-state index in [0.29, 0.717) is 19.3 Å². The lowest BCUT2D eigenvalue weighted by molar-refractivity contribution is -0.161. The van der Waals surface area contributed by atoms with Crippen molar-refractivity contribution in [2.75, 3.05) is 39.6 Å². The third-order valence-corrected chi connectivity index (χ3v) is 19.4. The maximum absolute atomic E-state index is 13.0. The van der Waals surface area contributed by atoms with Gasteiger partial charge in [-0.2, -0.15) is 0 Å². The van der Waals surface area contributed by atoms with Crippen molar-refractivity contribution in [2.45, 2.75) is 373 Å². The molecule has 0 heterocycles. The number of carbonyl (C=O) groups is 3. The molecular formula is C85H150O16P2. The van der Waals surface area contributed by atoms with E-state index in [4.69, 9.17) is 32.3 Å². The molecule has 18 heteroatoms. The largest absolute Gasteiger partial charge is 0.472 e. The second kappa shape index (κ2) is 77.8. The van der Waals surface area contributed by atoms with Crippen LogP contribution in [0.5, 0.6) is 0 Å². The number of ether oxygens (including phenoxy) is 3. The van der Waals surface area contributed by atoms with Gasteiger partial charge in [-0.1, -0.05) is 342 Å². The van der Waals surface area contributed by atoms with E-state index in [1.165, 1.54) is 148 Å². The van der Waals surface area contributed by atoms with Crippen molar-refractivity contribution in [3.8, 4) is 0 Å². The minimum absolute atomic E-state index is 0.107. The van der Waals surface area contributed by atoms with Crippen molar-refractivity contribution in [3.63, 3.8) is 0 Å². The van der Waals surface area contributed by atoms with E-state index in [2.05, 4.69) is 130 Å². The van der Waals surface area contributed by atoms with E-state index in [-0.39, 0.29) is 19.3 Å². The highest BCUT2D eigenvalue weighted by Crippen LogP contribution is 2.45. The quantitative estimate of drug-likeness (QED) is 0.0146. The number of esters is 3. The highest BCUT2D eigenvalue weighted by molar-refractivity contribution is 7.47. The molecule has 0 radical (unpaired) electrons. The summed E-state index contributed by atoms with van der Waals surface area (Å²) >= 11 is 0. The Labute approximate surface area is 628 Å². The van der Waals surface area contributed by atoms with Crippen molar-refractivity contribution in [1.29, 1.82) is 0 Å². The molecule has 4 N–H and O–H groups in total. The Kier molecular flexibility index (Phi) is 74.9. The van der Waals surface area contributed by atoms with Crippen LogP contribution in [0.3, 0.4) is 0 Å². The number of aliphatic hydroxyl groups excluding tert-OH is 2. The number of aliphatic hydroxyl groups is 2. The summed E-state index contributed by atoms with van der Waals surface area (Å²) in [6.45, 7) is 2.49. The van der Waals surface area contributed by atoms with E-state index in [0.717, 1.165) is 148 Å². The Morgan fingerprint density at radius 3 is 0.816 bits per heavy atom. The maximum atomic E-state index is 13.0. The van der Waals surface area contributed by atoms with Crippen LogP contribution in [-0.4, -0.2) is 95.9 Å². The highest BCUT2D eigenvalue weighted by Gasteiger charge is 2.29. The molecule has 0 aliphatic heterocycles. The van der Waals surface area contributed by atoms with Gasteiger partial charge in [0.25, 0.3) is 0 Å². The van der Waals surface area contributed by atoms with E-state index in [1.807, 2.05) is 0 Å². The highest BCUT2D eigenvalue weighted by atomic mass is 31.2. The van der Waals surface area contributed by atoms with Gasteiger partial charge in [-0.25, -0.2) is 9.13 Å². The smallest absolute Gasteiger partial charge is 0.463 e. The average Bonchev–Trinajstić information content (AvgIpc) is 0.915. The second-order valence-electron chi connectivity index (χ2n) is 27.5. The molecule has 0 saturated heterocycles. The average molecular weight is 1490 g/mol. The maximum Gasteiger partial charge on any atom is 0.472 e. The molecule has 0 aliphatic carbocycles. The molecule has 0 spiro atoms. The number of allylic oxidation sites excluding steroid dienone is 18. The molecule has 103 heavy (non-hydrogen) atoms. The molecule has 0 fully saturated rings. The van der Waals surface area contributed by atoms with Crippen LogP contribution in [0, 0.1) is 0 Å². The van der Waals surface area contributed by atoms with Crippen LogP contribution in [0.15, 0.2) is 109 Å². The number of hydrogen-bond acceptors (Lipinski definition) is 14. The molecule has 0 bridgehead atoms. The summed E-state index contributed by atoms with van der Waals surface area (Å²) in [5.41, 5.74) is 0. The molecule has 0 aliphatic rings. The fourth-order valence-electron chi connectivity index (χ4n) is 11.3. The molecule has 0 aromatic carbocycles. The lowest BCUT2D eigenvalue weighted by atomic mass is 10.0. The minimum atomic E-state index is -4.93. The lowest BCUT2D eigenvalue weighted by Crippen LogP contribution is -2.30. The summed E-state index contributed by atoms with van der Waals surface area (Å²) in [4.78, 5) is 58.6. The lowest BCUT2D eigenvalue weighted by Gasteiger charge is -2.21. The van der Waals surface area contributed by atoms with Crippen LogP contribution in [0.1, 0.15) is 355 Å². The van der Waals surface area contributed by atoms with Gasteiger partial charge in [0, 0.05) is 19.3 Å². The van der Waals surface area contributed by atoms with Gasteiger partial charge in [-0.15, -0.1) is 0 Å². The van der Waals surface area contributed by atoms with Crippen LogP contribution < -0.4 is 0 Å². The normalized spacial score (nSPS) is 14.5. The van der Waals surface area contributed by atoms with Gasteiger partial charge < -0.3 is 34.2 Å². The van der Waals surface area contributed by atoms with Crippen LogP contribution in [0.2, 0.25) is 0 Å². The van der Waals surface area contributed by atoms with Crippen LogP contribution >= 0.6 is 15.6 Å².